The number of aromatic nitrogens is 1. The highest BCUT2D eigenvalue weighted by Crippen LogP contribution is 2.45. The lowest BCUT2D eigenvalue weighted by molar-refractivity contribution is -0.149. The van der Waals surface area contributed by atoms with Crippen molar-refractivity contribution in [3.05, 3.63) is 29.1 Å². The second-order valence-electron chi connectivity index (χ2n) is 10.4. The number of amides is 1. The van der Waals surface area contributed by atoms with Crippen LogP contribution in [0.25, 0.3) is 0 Å². The first-order chi connectivity index (χ1) is 15.7. The third-order valence-electron chi connectivity index (χ3n) is 8.45. The minimum absolute atomic E-state index is 0.0990. The molecule has 5 atom stereocenters. The van der Waals surface area contributed by atoms with Gasteiger partial charge in [0.15, 0.2) is 0 Å². The fraction of sp³-hybridized carbons (Fsp3) is 0.750. The molecule has 2 bridgehead atoms. The summed E-state index contributed by atoms with van der Waals surface area (Å²) in [5, 5.41) is 14.5. The smallest absolute Gasteiger partial charge is 0.392 e. The highest BCUT2D eigenvalue weighted by Gasteiger charge is 2.52. The molecular weight excluding hydrogens is 435 g/mol. The number of halogens is 3. The van der Waals surface area contributed by atoms with Crippen molar-refractivity contribution < 1.29 is 27.8 Å². The SMILES string of the molecule is CC(O)[C@]1(C(=O)N2CCc3ncc(C(F)(F)F)cc3C2)CCC(NC2C3CCC2COC3)C1. The van der Waals surface area contributed by atoms with E-state index in [1.165, 1.54) is 0 Å². The number of aliphatic hydroxyl groups excluding tert-OH is 1. The zero-order valence-electron chi connectivity index (χ0n) is 18.9. The van der Waals surface area contributed by atoms with Crippen LogP contribution in [0, 0.1) is 17.3 Å². The molecule has 2 saturated carbocycles. The molecule has 1 amide bonds. The van der Waals surface area contributed by atoms with Gasteiger partial charge in [-0.1, -0.05) is 0 Å². The van der Waals surface area contributed by atoms with Crippen LogP contribution in [0.3, 0.4) is 0 Å². The van der Waals surface area contributed by atoms with Crippen LogP contribution in [-0.4, -0.2) is 58.8 Å². The topological polar surface area (TPSA) is 74.7 Å². The van der Waals surface area contributed by atoms with Gasteiger partial charge in [0, 0.05) is 43.5 Å². The van der Waals surface area contributed by atoms with Gasteiger partial charge in [-0.05, 0) is 62.5 Å². The quantitative estimate of drug-likeness (QED) is 0.713. The van der Waals surface area contributed by atoms with Crippen LogP contribution >= 0.6 is 0 Å². The number of carbonyl (C=O) groups is 1. The predicted octanol–water partition coefficient (Wildman–Crippen LogP) is 2.92. The van der Waals surface area contributed by atoms with Crippen LogP contribution in [0.15, 0.2) is 12.3 Å². The first-order valence-electron chi connectivity index (χ1n) is 12.0. The Balaban J connectivity index is 1.30. The monoisotopic (exact) mass is 467 g/mol. The van der Waals surface area contributed by atoms with Crippen molar-refractivity contribution in [2.45, 2.75) is 76.4 Å². The first kappa shape index (κ1) is 23.1. The number of hydrogen-bond donors (Lipinski definition) is 2. The first-order valence-corrected chi connectivity index (χ1v) is 12.0. The molecule has 1 aromatic rings. The van der Waals surface area contributed by atoms with Crippen LogP contribution in [0.2, 0.25) is 0 Å². The highest BCUT2D eigenvalue weighted by molar-refractivity contribution is 5.84. The molecule has 2 aliphatic carbocycles. The lowest BCUT2D eigenvalue weighted by Crippen LogP contribution is -2.52. The second kappa shape index (κ2) is 8.50. The van der Waals surface area contributed by atoms with E-state index < -0.39 is 23.3 Å². The number of rotatable bonds is 4. The van der Waals surface area contributed by atoms with Gasteiger partial charge in [0.1, 0.15) is 0 Å². The Bertz CT molecular complexity index is 893. The molecule has 3 heterocycles. The van der Waals surface area contributed by atoms with Crippen molar-refractivity contribution in [3.8, 4) is 0 Å². The Morgan fingerprint density at radius 3 is 2.70 bits per heavy atom. The zero-order chi connectivity index (χ0) is 23.4. The number of aliphatic hydroxyl groups is 1. The highest BCUT2D eigenvalue weighted by atomic mass is 19.4. The number of hydrogen-bond acceptors (Lipinski definition) is 5. The fourth-order valence-electron chi connectivity index (χ4n) is 6.50. The summed E-state index contributed by atoms with van der Waals surface area (Å²) in [7, 11) is 0. The molecule has 2 N–H and O–H groups in total. The third kappa shape index (κ3) is 4.17. The number of ether oxygens (including phenoxy) is 1. The lowest BCUT2D eigenvalue weighted by Gasteiger charge is -2.39. The number of fused-ring (bicyclic) bond motifs is 3. The van der Waals surface area contributed by atoms with Crippen molar-refractivity contribution in [2.24, 2.45) is 17.3 Å². The number of carbonyl (C=O) groups excluding carboxylic acids is 1. The Hall–Kier alpha value is -1.71. The van der Waals surface area contributed by atoms with Crippen LogP contribution in [0.4, 0.5) is 13.2 Å². The summed E-state index contributed by atoms with van der Waals surface area (Å²) in [6, 6.07) is 1.65. The summed E-state index contributed by atoms with van der Waals surface area (Å²) in [6.45, 7) is 3.73. The Kier molecular flexibility index (Phi) is 5.94. The summed E-state index contributed by atoms with van der Waals surface area (Å²) in [5.41, 5.74) is -0.651. The van der Waals surface area contributed by atoms with Gasteiger partial charge in [-0.3, -0.25) is 9.78 Å². The maximum atomic E-state index is 13.7. The number of alkyl halides is 3. The van der Waals surface area contributed by atoms with Gasteiger partial charge in [-0.15, -0.1) is 0 Å². The summed E-state index contributed by atoms with van der Waals surface area (Å²) < 4.78 is 45.1. The van der Waals surface area contributed by atoms with Gasteiger partial charge < -0.3 is 20.1 Å². The Morgan fingerprint density at radius 2 is 2.03 bits per heavy atom. The summed E-state index contributed by atoms with van der Waals surface area (Å²) in [5.74, 6) is 0.865. The lowest BCUT2D eigenvalue weighted by atomic mass is 9.78. The van der Waals surface area contributed by atoms with E-state index in [0.717, 1.165) is 44.7 Å². The van der Waals surface area contributed by atoms with E-state index in [0.29, 0.717) is 54.9 Å². The van der Waals surface area contributed by atoms with Gasteiger partial charge >= 0.3 is 6.18 Å². The Labute approximate surface area is 191 Å². The van der Waals surface area contributed by atoms with E-state index in [4.69, 9.17) is 4.74 Å². The molecule has 4 unspecified atom stereocenters. The van der Waals surface area contributed by atoms with Crippen LogP contribution in [0.5, 0.6) is 0 Å². The average molecular weight is 468 g/mol. The molecule has 33 heavy (non-hydrogen) atoms. The minimum atomic E-state index is -4.47. The van der Waals surface area contributed by atoms with Gasteiger partial charge in [0.05, 0.1) is 30.3 Å². The Morgan fingerprint density at radius 1 is 1.30 bits per heavy atom. The molecular formula is C24H32F3N3O3. The molecule has 182 valence electrons. The van der Waals surface area contributed by atoms with Crippen LogP contribution < -0.4 is 5.32 Å². The predicted molar refractivity (Wildman–Crippen MR) is 114 cm³/mol. The standard InChI is InChI=1S/C24H32F3N3O3/c1-14(31)23(6-4-19(9-23)29-21-15-2-3-16(21)13-33-12-15)22(32)30-7-5-20-17(11-30)8-18(10-28-20)24(25,26)27/h8,10,14-16,19,21,29,31H,2-7,9,11-13H2,1H3/t14?,15?,16?,19?,21?,23-/m0/s1. The number of nitrogens with one attached hydrogen (secondary N) is 1. The van der Waals surface area contributed by atoms with E-state index in [1.807, 2.05) is 0 Å². The molecule has 1 saturated heterocycles. The molecule has 1 aromatic heterocycles. The molecule has 0 aromatic carbocycles. The van der Waals surface area contributed by atoms with Crippen molar-refractivity contribution in [1.82, 2.24) is 15.2 Å². The van der Waals surface area contributed by atoms with Gasteiger partial charge in [-0.25, -0.2) is 0 Å². The van der Waals surface area contributed by atoms with Gasteiger partial charge in [0.2, 0.25) is 5.91 Å². The van der Waals surface area contributed by atoms with E-state index in [-0.39, 0.29) is 18.5 Å². The maximum Gasteiger partial charge on any atom is 0.417 e. The number of pyridine rings is 1. The largest absolute Gasteiger partial charge is 0.417 e. The molecule has 5 rings (SSSR count). The van der Waals surface area contributed by atoms with Crippen molar-refractivity contribution >= 4 is 5.91 Å². The van der Waals surface area contributed by atoms with E-state index in [2.05, 4.69) is 10.3 Å². The van der Waals surface area contributed by atoms with Crippen molar-refractivity contribution in [3.63, 3.8) is 0 Å². The average Bonchev–Trinajstić information content (AvgIpc) is 3.29. The van der Waals surface area contributed by atoms with Crippen molar-refractivity contribution in [2.75, 3.05) is 19.8 Å². The zero-order valence-corrected chi connectivity index (χ0v) is 18.9. The maximum absolute atomic E-state index is 13.7. The van der Waals surface area contributed by atoms with Crippen molar-refractivity contribution in [1.29, 1.82) is 0 Å². The molecule has 0 radical (unpaired) electrons. The third-order valence-corrected chi connectivity index (χ3v) is 8.45. The van der Waals surface area contributed by atoms with E-state index in [1.54, 1.807) is 11.8 Å². The molecule has 3 fully saturated rings. The molecule has 0 spiro atoms. The summed E-state index contributed by atoms with van der Waals surface area (Å²) in [4.78, 5) is 19.3. The minimum Gasteiger partial charge on any atom is -0.392 e. The fourth-order valence-corrected chi connectivity index (χ4v) is 6.50. The molecule has 4 aliphatic rings. The molecule has 6 nitrogen and oxygen atoms in total. The van der Waals surface area contributed by atoms with E-state index >= 15 is 0 Å². The molecule has 9 heteroatoms. The van der Waals surface area contributed by atoms with Crippen LogP contribution in [0.1, 0.15) is 55.8 Å². The summed E-state index contributed by atoms with van der Waals surface area (Å²) in [6.07, 6.45) is 0.235. The van der Waals surface area contributed by atoms with Gasteiger partial charge in [-0.2, -0.15) is 13.2 Å². The van der Waals surface area contributed by atoms with Crippen LogP contribution in [-0.2, 0) is 28.7 Å². The van der Waals surface area contributed by atoms with Gasteiger partial charge in [0.25, 0.3) is 0 Å². The number of nitrogens with zero attached hydrogens (tertiary/aromatic N) is 2. The second-order valence-corrected chi connectivity index (χ2v) is 10.4. The summed E-state index contributed by atoms with van der Waals surface area (Å²) >= 11 is 0. The van der Waals surface area contributed by atoms with E-state index in [9.17, 15) is 23.1 Å². The molecule has 2 aliphatic heterocycles. The normalized spacial score (nSPS) is 34.9.